The summed E-state index contributed by atoms with van der Waals surface area (Å²) in [5.41, 5.74) is -0.268. The minimum atomic E-state index is -4.40. The van der Waals surface area contributed by atoms with Crippen LogP contribution >= 0.6 is 12.4 Å². The van der Waals surface area contributed by atoms with Crippen molar-refractivity contribution in [2.45, 2.75) is 38.1 Å². The van der Waals surface area contributed by atoms with Crippen LogP contribution in [0.15, 0.2) is 67.0 Å². The average Bonchev–Trinajstić information content (AvgIpc) is 3.31. The van der Waals surface area contributed by atoms with E-state index < -0.39 is 11.7 Å². The average molecular weight is 553 g/mol. The maximum Gasteiger partial charge on any atom is 0.416 e. The molecule has 2 heterocycles. The molecule has 204 valence electrons. The third-order valence-electron chi connectivity index (χ3n) is 5.77. The van der Waals surface area contributed by atoms with Gasteiger partial charge in [0.15, 0.2) is 0 Å². The van der Waals surface area contributed by atoms with E-state index in [9.17, 15) is 22.8 Å². The fraction of sp³-hybridized carbons (Fsp3) is 0.346. The van der Waals surface area contributed by atoms with Crippen LogP contribution in [0.25, 0.3) is 0 Å². The van der Waals surface area contributed by atoms with E-state index in [2.05, 4.69) is 10.4 Å². The number of hydrogen-bond donors (Lipinski definition) is 1. The van der Waals surface area contributed by atoms with E-state index in [4.69, 9.17) is 9.47 Å². The maximum atomic E-state index is 12.8. The summed E-state index contributed by atoms with van der Waals surface area (Å²) < 4.78 is 51.0. The third kappa shape index (κ3) is 8.41. The summed E-state index contributed by atoms with van der Waals surface area (Å²) in [4.78, 5) is 26.6. The second-order valence-corrected chi connectivity index (χ2v) is 8.63. The summed E-state index contributed by atoms with van der Waals surface area (Å²) in [6, 6.07) is 13.7. The van der Waals surface area contributed by atoms with Crippen LogP contribution in [-0.4, -0.2) is 52.3 Å². The number of para-hydroxylation sites is 1. The number of rotatable bonds is 9. The van der Waals surface area contributed by atoms with Crippen molar-refractivity contribution in [3.8, 4) is 11.5 Å². The zero-order chi connectivity index (χ0) is 26.3. The molecule has 3 aromatic rings. The fourth-order valence-corrected chi connectivity index (χ4v) is 3.93. The van der Waals surface area contributed by atoms with E-state index in [0.29, 0.717) is 43.1 Å². The Morgan fingerprint density at radius 2 is 1.79 bits per heavy atom. The Bertz CT molecular complexity index is 1190. The summed E-state index contributed by atoms with van der Waals surface area (Å²) >= 11 is 0. The summed E-state index contributed by atoms with van der Waals surface area (Å²) in [7, 11) is 0. The van der Waals surface area contributed by atoms with E-state index in [0.717, 1.165) is 12.1 Å². The van der Waals surface area contributed by atoms with E-state index in [1.165, 1.54) is 23.0 Å². The molecule has 1 aromatic heterocycles. The molecule has 1 fully saturated rings. The van der Waals surface area contributed by atoms with Crippen LogP contribution in [-0.2, 0) is 22.3 Å². The number of halogens is 4. The SMILES string of the molecule is Cl.O=C(CCOc1ccccc1)Nc1cnn(CC(=O)N2CCCC(Oc3ccc(C(F)(F)F)cc3)C2)c1. The first kappa shape index (κ1) is 28.8. The molecule has 1 aliphatic rings. The highest BCUT2D eigenvalue weighted by atomic mass is 35.5. The second kappa shape index (κ2) is 13.2. The highest BCUT2D eigenvalue weighted by Crippen LogP contribution is 2.30. The topological polar surface area (TPSA) is 85.7 Å². The lowest BCUT2D eigenvalue weighted by atomic mass is 10.1. The molecule has 1 N–H and O–H groups in total. The molecule has 8 nitrogen and oxygen atoms in total. The van der Waals surface area contributed by atoms with Crippen molar-refractivity contribution in [2.75, 3.05) is 25.0 Å². The Morgan fingerprint density at radius 1 is 1.05 bits per heavy atom. The van der Waals surface area contributed by atoms with Crippen molar-refractivity contribution in [1.82, 2.24) is 14.7 Å². The lowest BCUT2D eigenvalue weighted by Crippen LogP contribution is -2.45. The van der Waals surface area contributed by atoms with Crippen LogP contribution in [0.3, 0.4) is 0 Å². The van der Waals surface area contributed by atoms with Crippen LogP contribution in [0, 0.1) is 0 Å². The number of alkyl halides is 3. The van der Waals surface area contributed by atoms with Gasteiger partial charge in [-0.15, -0.1) is 12.4 Å². The fourth-order valence-electron chi connectivity index (χ4n) is 3.93. The molecule has 0 saturated carbocycles. The summed E-state index contributed by atoms with van der Waals surface area (Å²) in [6.45, 7) is 1.09. The van der Waals surface area contributed by atoms with Gasteiger partial charge in [0.05, 0.1) is 37.0 Å². The third-order valence-corrected chi connectivity index (χ3v) is 5.77. The van der Waals surface area contributed by atoms with Gasteiger partial charge in [-0.2, -0.15) is 18.3 Å². The highest BCUT2D eigenvalue weighted by molar-refractivity contribution is 5.90. The molecule has 38 heavy (non-hydrogen) atoms. The number of aromatic nitrogens is 2. The molecule has 2 aromatic carbocycles. The van der Waals surface area contributed by atoms with E-state index in [-0.39, 0.29) is 49.9 Å². The molecule has 4 rings (SSSR count). The van der Waals surface area contributed by atoms with Crippen LogP contribution in [0.4, 0.5) is 18.9 Å². The maximum absolute atomic E-state index is 12.8. The number of anilines is 1. The van der Waals surface area contributed by atoms with Gasteiger partial charge in [0, 0.05) is 12.7 Å². The number of carbonyl (C=O) groups is 2. The number of ether oxygens (including phenoxy) is 2. The molecule has 1 atom stereocenters. The van der Waals surface area contributed by atoms with Crippen molar-refractivity contribution in [2.24, 2.45) is 0 Å². The van der Waals surface area contributed by atoms with E-state index in [1.54, 1.807) is 11.1 Å². The molecule has 2 amide bonds. The first-order valence-electron chi connectivity index (χ1n) is 11.9. The van der Waals surface area contributed by atoms with Crippen molar-refractivity contribution in [3.63, 3.8) is 0 Å². The minimum Gasteiger partial charge on any atom is -0.493 e. The number of nitrogens with zero attached hydrogens (tertiary/aromatic N) is 3. The molecule has 0 spiro atoms. The standard InChI is InChI=1S/C26H27F3N4O4.ClH/c27-26(28,29)19-8-10-22(11-9-19)37-23-7-4-13-32(17-23)25(35)18-33-16-20(15-30-33)31-24(34)12-14-36-21-5-2-1-3-6-21;/h1-3,5-6,8-11,15-16,23H,4,7,12-14,17-18H2,(H,31,34);1H. The number of amides is 2. The van der Waals surface area contributed by atoms with Crippen molar-refractivity contribution in [1.29, 1.82) is 0 Å². The number of likely N-dealkylation sites (tertiary alicyclic amines) is 1. The Hall–Kier alpha value is -3.73. The largest absolute Gasteiger partial charge is 0.493 e. The zero-order valence-electron chi connectivity index (χ0n) is 20.4. The van der Waals surface area contributed by atoms with E-state index in [1.807, 2.05) is 30.3 Å². The van der Waals surface area contributed by atoms with Gasteiger partial charge in [0.1, 0.15) is 24.1 Å². The summed E-state index contributed by atoms with van der Waals surface area (Å²) in [5, 5.41) is 6.88. The van der Waals surface area contributed by atoms with Crippen LogP contribution < -0.4 is 14.8 Å². The monoisotopic (exact) mass is 552 g/mol. The Labute approximate surface area is 224 Å². The summed E-state index contributed by atoms with van der Waals surface area (Å²) in [5.74, 6) is 0.610. The van der Waals surface area contributed by atoms with Gasteiger partial charge in [-0.25, -0.2) is 0 Å². The highest BCUT2D eigenvalue weighted by Gasteiger charge is 2.30. The molecule has 0 aliphatic carbocycles. The van der Waals surface area contributed by atoms with E-state index >= 15 is 0 Å². The lowest BCUT2D eigenvalue weighted by molar-refractivity contribution is -0.138. The second-order valence-electron chi connectivity index (χ2n) is 8.63. The molecule has 0 bridgehead atoms. The van der Waals surface area contributed by atoms with Crippen molar-refractivity contribution >= 4 is 29.9 Å². The van der Waals surface area contributed by atoms with Crippen LogP contribution in [0.1, 0.15) is 24.8 Å². The minimum absolute atomic E-state index is 0. The van der Waals surface area contributed by atoms with Gasteiger partial charge in [0.25, 0.3) is 0 Å². The van der Waals surface area contributed by atoms with Crippen LogP contribution in [0.5, 0.6) is 11.5 Å². The Balaban J connectivity index is 0.00000400. The smallest absolute Gasteiger partial charge is 0.416 e. The van der Waals surface area contributed by atoms with Crippen molar-refractivity contribution in [3.05, 3.63) is 72.6 Å². The summed E-state index contributed by atoms with van der Waals surface area (Å²) in [6.07, 6.45) is -0.116. The normalized spacial score (nSPS) is 15.3. The number of carbonyl (C=O) groups excluding carboxylic acids is 2. The molecule has 12 heteroatoms. The molecule has 0 radical (unpaired) electrons. The van der Waals surface area contributed by atoms with Gasteiger partial charge >= 0.3 is 6.18 Å². The first-order valence-corrected chi connectivity index (χ1v) is 11.9. The number of nitrogens with one attached hydrogen (secondary N) is 1. The lowest BCUT2D eigenvalue weighted by Gasteiger charge is -2.33. The number of hydrogen-bond acceptors (Lipinski definition) is 5. The van der Waals surface area contributed by atoms with Crippen molar-refractivity contribution < 1.29 is 32.2 Å². The quantitative estimate of drug-likeness (QED) is 0.412. The zero-order valence-corrected chi connectivity index (χ0v) is 21.2. The predicted molar refractivity (Wildman–Crippen MR) is 136 cm³/mol. The molecular weight excluding hydrogens is 525 g/mol. The van der Waals surface area contributed by atoms with Crippen LogP contribution in [0.2, 0.25) is 0 Å². The number of piperidine rings is 1. The number of benzene rings is 2. The Morgan fingerprint density at radius 3 is 2.50 bits per heavy atom. The predicted octanol–water partition coefficient (Wildman–Crippen LogP) is 4.80. The van der Waals surface area contributed by atoms with Gasteiger partial charge in [-0.05, 0) is 49.2 Å². The molecule has 1 unspecified atom stereocenters. The Kier molecular flexibility index (Phi) is 10.0. The van der Waals surface area contributed by atoms with Gasteiger partial charge < -0.3 is 19.7 Å². The van der Waals surface area contributed by atoms with Gasteiger partial charge in [-0.3, -0.25) is 14.3 Å². The van der Waals surface area contributed by atoms with Gasteiger partial charge in [0.2, 0.25) is 11.8 Å². The first-order chi connectivity index (χ1) is 17.8. The molecular formula is C26H28ClF3N4O4. The molecule has 1 aliphatic heterocycles. The van der Waals surface area contributed by atoms with Gasteiger partial charge in [-0.1, -0.05) is 18.2 Å². The molecule has 1 saturated heterocycles.